The first-order valence-corrected chi connectivity index (χ1v) is 9.93. The number of nitrogens with one attached hydrogen (secondary N) is 1. The summed E-state index contributed by atoms with van der Waals surface area (Å²) in [6.07, 6.45) is 3.58. The van der Waals surface area contributed by atoms with E-state index in [0.29, 0.717) is 24.1 Å². The quantitative estimate of drug-likeness (QED) is 0.578. The van der Waals surface area contributed by atoms with Gasteiger partial charge < -0.3 is 4.90 Å². The predicted molar refractivity (Wildman–Crippen MR) is 110 cm³/mol. The summed E-state index contributed by atoms with van der Waals surface area (Å²) in [5.74, 6) is 0.633. The van der Waals surface area contributed by atoms with Crippen molar-refractivity contribution < 1.29 is 9.18 Å². The average Bonchev–Trinajstić information content (AvgIpc) is 3.18. The number of H-pyrrole nitrogens is 1. The first kappa shape index (κ1) is 19.8. The normalized spacial score (nSPS) is 11.1. The van der Waals surface area contributed by atoms with Gasteiger partial charge in [0.05, 0.1) is 5.75 Å². The van der Waals surface area contributed by atoms with Crippen LogP contribution in [0.25, 0.3) is 12.2 Å². The Bertz CT molecular complexity index is 925. The summed E-state index contributed by atoms with van der Waals surface area (Å²) in [6, 6.07) is 16.1. The maximum Gasteiger partial charge on any atom is 0.233 e. The van der Waals surface area contributed by atoms with E-state index in [1.807, 2.05) is 48.2 Å². The lowest BCUT2D eigenvalue weighted by Crippen LogP contribution is -2.31. The van der Waals surface area contributed by atoms with Crippen LogP contribution in [0.5, 0.6) is 0 Å². The molecule has 0 spiro atoms. The van der Waals surface area contributed by atoms with Gasteiger partial charge in [0.15, 0.2) is 0 Å². The molecule has 0 atom stereocenters. The molecule has 0 aliphatic rings. The van der Waals surface area contributed by atoms with Crippen molar-refractivity contribution in [2.75, 3.05) is 12.3 Å². The highest BCUT2D eigenvalue weighted by atomic mass is 32.2. The first-order chi connectivity index (χ1) is 13.6. The van der Waals surface area contributed by atoms with Gasteiger partial charge in [0, 0.05) is 13.1 Å². The second-order valence-corrected chi connectivity index (χ2v) is 7.01. The fourth-order valence-electron chi connectivity index (χ4n) is 2.54. The molecular weight excluding hydrogens is 375 g/mol. The van der Waals surface area contributed by atoms with E-state index in [9.17, 15) is 9.18 Å². The molecule has 0 bridgehead atoms. The van der Waals surface area contributed by atoms with Crippen LogP contribution in [0.3, 0.4) is 0 Å². The van der Waals surface area contributed by atoms with E-state index in [1.54, 1.807) is 18.2 Å². The molecule has 1 aromatic heterocycles. The maximum atomic E-state index is 12.9. The van der Waals surface area contributed by atoms with Crippen LogP contribution < -0.4 is 0 Å². The highest BCUT2D eigenvalue weighted by Crippen LogP contribution is 2.15. The van der Waals surface area contributed by atoms with Crippen molar-refractivity contribution in [1.29, 1.82) is 0 Å². The smallest absolute Gasteiger partial charge is 0.233 e. The zero-order valence-electron chi connectivity index (χ0n) is 15.5. The number of rotatable bonds is 8. The van der Waals surface area contributed by atoms with Crippen molar-refractivity contribution in [2.24, 2.45) is 0 Å². The second kappa shape index (κ2) is 9.85. The van der Waals surface area contributed by atoms with E-state index in [1.165, 1.54) is 23.9 Å². The highest BCUT2D eigenvalue weighted by Gasteiger charge is 2.14. The number of halogens is 1. The maximum absolute atomic E-state index is 12.9. The lowest BCUT2D eigenvalue weighted by atomic mass is 10.2. The molecule has 28 heavy (non-hydrogen) atoms. The largest absolute Gasteiger partial charge is 0.338 e. The highest BCUT2D eigenvalue weighted by molar-refractivity contribution is 7.99. The number of amides is 1. The molecule has 0 unspecified atom stereocenters. The molecule has 0 saturated heterocycles. The molecule has 2 aromatic carbocycles. The Kier molecular flexibility index (Phi) is 6.97. The Hall–Kier alpha value is -2.93. The van der Waals surface area contributed by atoms with Crippen molar-refractivity contribution in [3.05, 3.63) is 77.4 Å². The van der Waals surface area contributed by atoms with Gasteiger partial charge in [0.2, 0.25) is 11.1 Å². The van der Waals surface area contributed by atoms with Crippen LogP contribution in [0.2, 0.25) is 0 Å². The van der Waals surface area contributed by atoms with Crippen LogP contribution in [0.1, 0.15) is 23.9 Å². The van der Waals surface area contributed by atoms with Gasteiger partial charge >= 0.3 is 0 Å². The van der Waals surface area contributed by atoms with E-state index < -0.39 is 0 Å². The summed E-state index contributed by atoms with van der Waals surface area (Å²) in [6.45, 7) is 3.21. The lowest BCUT2D eigenvalue weighted by Gasteiger charge is -2.20. The summed E-state index contributed by atoms with van der Waals surface area (Å²) in [5.41, 5.74) is 1.97. The topological polar surface area (TPSA) is 61.9 Å². The number of aromatic nitrogens is 3. The molecule has 0 saturated carbocycles. The van der Waals surface area contributed by atoms with Crippen molar-refractivity contribution >= 4 is 29.8 Å². The first-order valence-electron chi connectivity index (χ1n) is 8.94. The predicted octanol–water partition coefficient (Wildman–Crippen LogP) is 4.26. The number of carbonyl (C=O) groups is 1. The minimum absolute atomic E-state index is 0.0459. The molecule has 1 heterocycles. The van der Waals surface area contributed by atoms with Gasteiger partial charge in [-0.3, -0.25) is 9.89 Å². The molecule has 3 rings (SSSR count). The fourth-order valence-corrected chi connectivity index (χ4v) is 3.25. The van der Waals surface area contributed by atoms with Crippen LogP contribution in [-0.2, 0) is 11.3 Å². The van der Waals surface area contributed by atoms with Gasteiger partial charge in [-0.25, -0.2) is 9.37 Å². The van der Waals surface area contributed by atoms with Gasteiger partial charge in [-0.2, -0.15) is 0 Å². The Balaban J connectivity index is 1.53. The molecule has 0 fully saturated rings. The third-order valence-electron chi connectivity index (χ3n) is 4.06. The number of nitrogens with zero attached hydrogens (tertiary/aromatic N) is 3. The standard InChI is InChI=1S/C21H21FN4OS/c1-2-26(14-17-6-4-3-5-7-17)20(27)15-28-21-23-19(24-25-21)13-10-16-8-11-18(22)12-9-16/h3-13H,2,14-15H2,1H3,(H,23,24,25)/b13-10+. The van der Waals surface area contributed by atoms with Crippen molar-refractivity contribution in [3.8, 4) is 0 Å². The summed E-state index contributed by atoms with van der Waals surface area (Å²) in [7, 11) is 0. The van der Waals surface area contributed by atoms with Gasteiger partial charge in [-0.05, 0) is 36.3 Å². The van der Waals surface area contributed by atoms with Crippen molar-refractivity contribution in [3.63, 3.8) is 0 Å². The molecular formula is C21H21FN4OS. The zero-order valence-corrected chi connectivity index (χ0v) is 16.3. The number of benzene rings is 2. The molecule has 5 nitrogen and oxygen atoms in total. The monoisotopic (exact) mass is 396 g/mol. The van der Waals surface area contributed by atoms with Gasteiger partial charge in [-0.1, -0.05) is 60.3 Å². The van der Waals surface area contributed by atoms with E-state index in [2.05, 4.69) is 15.2 Å². The minimum atomic E-state index is -0.270. The number of aromatic amines is 1. The summed E-state index contributed by atoms with van der Waals surface area (Å²) < 4.78 is 12.9. The zero-order chi connectivity index (χ0) is 19.8. The Morgan fingerprint density at radius 2 is 1.89 bits per heavy atom. The third-order valence-corrected chi connectivity index (χ3v) is 4.89. The lowest BCUT2D eigenvalue weighted by molar-refractivity contribution is -0.128. The molecule has 1 N–H and O–H groups in total. The third kappa shape index (κ3) is 5.79. The van der Waals surface area contributed by atoms with Gasteiger partial charge in [0.25, 0.3) is 0 Å². The summed E-state index contributed by atoms with van der Waals surface area (Å²) >= 11 is 1.30. The van der Waals surface area contributed by atoms with E-state index in [4.69, 9.17) is 0 Å². The van der Waals surface area contributed by atoms with E-state index >= 15 is 0 Å². The number of hydrogen-bond donors (Lipinski definition) is 1. The second-order valence-electron chi connectivity index (χ2n) is 6.07. The Morgan fingerprint density at radius 1 is 1.14 bits per heavy atom. The van der Waals surface area contributed by atoms with Crippen LogP contribution in [0.4, 0.5) is 4.39 Å². The van der Waals surface area contributed by atoms with Crippen LogP contribution in [-0.4, -0.2) is 38.3 Å². The SMILES string of the molecule is CCN(Cc1ccccc1)C(=O)CSc1n[nH]c(/C=C/c2ccc(F)cc2)n1. The molecule has 1 amide bonds. The Morgan fingerprint density at radius 3 is 2.61 bits per heavy atom. The van der Waals surface area contributed by atoms with Gasteiger partial charge in [-0.15, -0.1) is 5.10 Å². The van der Waals surface area contributed by atoms with Crippen molar-refractivity contribution in [2.45, 2.75) is 18.6 Å². The average molecular weight is 396 g/mol. The van der Waals surface area contributed by atoms with E-state index in [-0.39, 0.29) is 17.5 Å². The van der Waals surface area contributed by atoms with Crippen molar-refractivity contribution in [1.82, 2.24) is 20.1 Å². The number of carbonyl (C=O) groups excluding carboxylic acids is 1. The van der Waals surface area contributed by atoms with Gasteiger partial charge in [0.1, 0.15) is 11.6 Å². The molecule has 0 radical (unpaired) electrons. The minimum Gasteiger partial charge on any atom is -0.338 e. The summed E-state index contributed by atoms with van der Waals surface area (Å²) in [5, 5.41) is 7.47. The molecule has 144 valence electrons. The number of hydrogen-bond acceptors (Lipinski definition) is 4. The fraction of sp³-hybridized carbons (Fsp3) is 0.190. The summed E-state index contributed by atoms with van der Waals surface area (Å²) in [4.78, 5) is 18.7. The molecule has 3 aromatic rings. The van der Waals surface area contributed by atoms with Crippen LogP contribution >= 0.6 is 11.8 Å². The molecule has 0 aliphatic heterocycles. The molecule has 0 aliphatic carbocycles. The Labute approximate surface area is 167 Å². The number of thioether (sulfide) groups is 1. The van der Waals surface area contributed by atoms with E-state index in [0.717, 1.165) is 11.1 Å². The van der Waals surface area contributed by atoms with Crippen LogP contribution in [0.15, 0.2) is 59.8 Å². The van der Waals surface area contributed by atoms with Crippen LogP contribution in [0, 0.1) is 5.82 Å². The molecule has 7 heteroatoms.